The van der Waals surface area contributed by atoms with Gasteiger partial charge in [0.25, 0.3) is 11.7 Å². The van der Waals surface area contributed by atoms with Gasteiger partial charge < -0.3 is 10.0 Å². The van der Waals surface area contributed by atoms with Crippen LogP contribution in [0.15, 0.2) is 71.9 Å². The van der Waals surface area contributed by atoms with Crippen molar-refractivity contribution in [3.05, 3.63) is 92.9 Å². The fourth-order valence-electron chi connectivity index (χ4n) is 3.27. The van der Waals surface area contributed by atoms with Crippen LogP contribution in [0.25, 0.3) is 5.76 Å². The smallest absolute Gasteiger partial charge is 0.295 e. The summed E-state index contributed by atoms with van der Waals surface area (Å²) in [5, 5.41) is 13.3. The van der Waals surface area contributed by atoms with Crippen LogP contribution in [-0.4, -0.2) is 26.7 Å². The molecule has 0 bridgehead atoms. The number of aromatic nitrogens is 1. The number of pyridine rings is 1. The molecule has 1 unspecified atom stereocenters. The van der Waals surface area contributed by atoms with E-state index in [1.165, 1.54) is 28.6 Å². The third kappa shape index (κ3) is 3.32. The van der Waals surface area contributed by atoms with Crippen molar-refractivity contribution in [2.45, 2.75) is 12.6 Å². The molecule has 1 aliphatic heterocycles. The number of ketones is 1. The zero-order valence-corrected chi connectivity index (χ0v) is 16.2. The molecule has 3 heterocycles. The standard InChI is InChI=1S/C21H15ClN2O3S/c22-15-5-3-13(4-6-15)18-17(19(25)14-7-9-23-10-8-14)20(26)21(27)24(18)12-16-2-1-11-28-16/h1-11,18,25H,12H2/b19-17-. The fourth-order valence-corrected chi connectivity index (χ4v) is 4.10. The molecule has 1 aromatic carbocycles. The molecule has 4 rings (SSSR count). The number of rotatable bonds is 4. The van der Waals surface area contributed by atoms with E-state index in [9.17, 15) is 14.7 Å². The predicted molar refractivity (Wildman–Crippen MR) is 108 cm³/mol. The van der Waals surface area contributed by atoms with E-state index in [2.05, 4.69) is 4.98 Å². The molecule has 0 spiro atoms. The quantitative estimate of drug-likeness (QED) is 0.392. The summed E-state index contributed by atoms with van der Waals surface area (Å²) in [6.07, 6.45) is 3.04. The number of nitrogens with zero attached hydrogens (tertiary/aromatic N) is 2. The van der Waals surface area contributed by atoms with Crippen molar-refractivity contribution in [2.75, 3.05) is 0 Å². The molecule has 0 radical (unpaired) electrons. The van der Waals surface area contributed by atoms with Crippen LogP contribution in [0.1, 0.15) is 22.0 Å². The minimum Gasteiger partial charge on any atom is -0.507 e. The maximum atomic E-state index is 12.9. The van der Waals surface area contributed by atoms with Crippen molar-refractivity contribution < 1.29 is 14.7 Å². The van der Waals surface area contributed by atoms with E-state index in [0.29, 0.717) is 16.1 Å². The van der Waals surface area contributed by atoms with Crippen LogP contribution in [0, 0.1) is 0 Å². The summed E-state index contributed by atoms with van der Waals surface area (Å²) < 4.78 is 0. The number of aliphatic hydroxyl groups excluding tert-OH is 1. The fraction of sp³-hybridized carbons (Fsp3) is 0.0952. The Morgan fingerprint density at radius 3 is 2.46 bits per heavy atom. The normalized spacial score (nSPS) is 18.6. The van der Waals surface area contributed by atoms with Gasteiger partial charge in [-0.05, 0) is 41.3 Å². The number of Topliss-reactive ketones (excluding diaryl/α,β-unsaturated/α-hetero) is 1. The second-order valence-corrected chi connectivity index (χ2v) is 7.76. The molecule has 1 fully saturated rings. The zero-order valence-electron chi connectivity index (χ0n) is 14.6. The van der Waals surface area contributed by atoms with Crippen LogP contribution in [0.5, 0.6) is 0 Å². The summed E-state index contributed by atoms with van der Waals surface area (Å²) in [6.45, 7) is 0.280. The molecule has 1 saturated heterocycles. The number of benzene rings is 1. The highest BCUT2D eigenvalue weighted by Crippen LogP contribution is 2.40. The highest BCUT2D eigenvalue weighted by atomic mass is 35.5. The molecular formula is C21H15ClN2O3S. The van der Waals surface area contributed by atoms with Crippen LogP contribution in [0.2, 0.25) is 5.02 Å². The van der Waals surface area contributed by atoms with Crippen LogP contribution >= 0.6 is 22.9 Å². The Labute approximate surface area is 170 Å². The van der Waals surface area contributed by atoms with Gasteiger partial charge in [-0.2, -0.15) is 0 Å². The van der Waals surface area contributed by atoms with Gasteiger partial charge in [0.15, 0.2) is 0 Å². The second kappa shape index (κ2) is 7.58. The molecule has 3 aromatic rings. The Hall–Kier alpha value is -2.96. The first-order valence-corrected chi connectivity index (χ1v) is 9.78. The summed E-state index contributed by atoms with van der Waals surface area (Å²) in [4.78, 5) is 32.1. The molecule has 1 amide bonds. The third-order valence-electron chi connectivity index (χ3n) is 4.59. The number of carbonyl (C=O) groups is 2. The maximum absolute atomic E-state index is 12.9. The van der Waals surface area contributed by atoms with E-state index in [1.807, 2.05) is 17.5 Å². The van der Waals surface area contributed by atoms with Crippen LogP contribution < -0.4 is 0 Å². The van der Waals surface area contributed by atoms with E-state index < -0.39 is 17.7 Å². The first-order valence-electron chi connectivity index (χ1n) is 8.53. The highest BCUT2D eigenvalue weighted by molar-refractivity contribution is 7.09. The Bertz CT molecular complexity index is 1050. The van der Waals surface area contributed by atoms with Crippen LogP contribution in [0.3, 0.4) is 0 Å². The highest BCUT2D eigenvalue weighted by Gasteiger charge is 2.46. The molecule has 0 aliphatic carbocycles. The van der Waals surface area contributed by atoms with E-state index in [-0.39, 0.29) is 17.9 Å². The molecule has 140 valence electrons. The number of likely N-dealkylation sites (tertiary alicyclic amines) is 1. The van der Waals surface area contributed by atoms with Crippen molar-refractivity contribution >= 4 is 40.4 Å². The minimum atomic E-state index is -0.703. The van der Waals surface area contributed by atoms with E-state index in [0.717, 1.165) is 4.88 Å². The molecule has 0 saturated carbocycles. The number of thiophene rings is 1. The zero-order chi connectivity index (χ0) is 19.7. The van der Waals surface area contributed by atoms with Crippen molar-refractivity contribution in [2.24, 2.45) is 0 Å². The number of amides is 1. The number of hydrogen-bond acceptors (Lipinski definition) is 5. The summed E-state index contributed by atoms with van der Waals surface area (Å²) in [7, 11) is 0. The van der Waals surface area contributed by atoms with Gasteiger partial charge in [0, 0.05) is 27.9 Å². The van der Waals surface area contributed by atoms with Gasteiger partial charge in [0.1, 0.15) is 5.76 Å². The maximum Gasteiger partial charge on any atom is 0.295 e. The third-order valence-corrected chi connectivity index (χ3v) is 5.70. The van der Waals surface area contributed by atoms with Gasteiger partial charge in [-0.25, -0.2) is 0 Å². The number of hydrogen-bond donors (Lipinski definition) is 1. The average molecular weight is 411 g/mol. The lowest BCUT2D eigenvalue weighted by molar-refractivity contribution is -0.140. The van der Waals surface area contributed by atoms with Crippen LogP contribution in [0.4, 0.5) is 0 Å². The number of carbonyl (C=O) groups excluding carboxylic acids is 2. The van der Waals surface area contributed by atoms with E-state index >= 15 is 0 Å². The predicted octanol–water partition coefficient (Wildman–Crippen LogP) is 4.42. The first kappa shape index (κ1) is 18.4. The first-order chi connectivity index (χ1) is 13.6. The molecule has 5 nitrogen and oxygen atoms in total. The largest absolute Gasteiger partial charge is 0.507 e. The Morgan fingerprint density at radius 2 is 1.82 bits per heavy atom. The minimum absolute atomic E-state index is 0.0649. The lowest BCUT2D eigenvalue weighted by Crippen LogP contribution is -2.28. The van der Waals surface area contributed by atoms with E-state index in [4.69, 9.17) is 11.6 Å². The topological polar surface area (TPSA) is 70.5 Å². The molecule has 28 heavy (non-hydrogen) atoms. The molecular weight excluding hydrogens is 396 g/mol. The van der Waals surface area contributed by atoms with Crippen LogP contribution in [-0.2, 0) is 16.1 Å². The van der Waals surface area contributed by atoms with Crippen molar-refractivity contribution in [3.63, 3.8) is 0 Å². The molecule has 1 atom stereocenters. The van der Waals surface area contributed by atoms with Gasteiger partial charge in [0.05, 0.1) is 18.2 Å². The molecule has 7 heteroatoms. The lowest BCUT2D eigenvalue weighted by Gasteiger charge is -2.25. The van der Waals surface area contributed by atoms with Gasteiger partial charge in [-0.1, -0.05) is 29.8 Å². The average Bonchev–Trinajstić information content (AvgIpc) is 3.31. The number of aliphatic hydroxyl groups is 1. The van der Waals surface area contributed by atoms with Crippen molar-refractivity contribution in [1.29, 1.82) is 0 Å². The van der Waals surface area contributed by atoms with Gasteiger partial charge in [0.2, 0.25) is 0 Å². The van der Waals surface area contributed by atoms with Crippen molar-refractivity contribution in [1.82, 2.24) is 9.88 Å². The number of halogens is 1. The Kier molecular flexibility index (Phi) is 4.98. The SMILES string of the molecule is O=C1C(=O)N(Cc2cccs2)C(c2ccc(Cl)cc2)/C1=C(/O)c1ccncc1. The van der Waals surface area contributed by atoms with Gasteiger partial charge in [-0.15, -0.1) is 11.3 Å². The van der Waals surface area contributed by atoms with E-state index in [1.54, 1.807) is 36.4 Å². The summed E-state index contributed by atoms with van der Waals surface area (Å²) >= 11 is 7.51. The Balaban J connectivity index is 1.86. The summed E-state index contributed by atoms with van der Waals surface area (Å²) in [6, 6.07) is 13.2. The monoisotopic (exact) mass is 410 g/mol. The Morgan fingerprint density at radius 1 is 1.11 bits per heavy atom. The second-order valence-electron chi connectivity index (χ2n) is 6.29. The van der Waals surface area contributed by atoms with Crippen molar-refractivity contribution in [3.8, 4) is 0 Å². The molecule has 2 aromatic heterocycles. The summed E-state index contributed by atoms with van der Waals surface area (Å²) in [5.74, 6) is -1.55. The van der Waals surface area contributed by atoms with Gasteiger partial charge >= 0.3 is 0 Å². The lowest BCUT2D eigenvalue weighted by atomic mass is 9.95. The molecule has 1 aliphatic rings. The molecule has 1 N–H and O–H groups in total. The summed E-state index contributed by atoms with van der Waals surface area (Å²) in [5.41, 5.74) is 1.20. The van der Waals surface area contributed by atoms with Gasteiger partial charge in [-0.3, -0.25) is 14.6 Å².